The zero-order valence-corrected chi connectivity index (χ0v) is 20.6. The molecule has 2 unspecified atom stereocenters. The number of rotatable bonds is 8. The van der Waals surface area contributed by atoms with Crippen LogP contribution in [0.4, 0.5) is 0 Å². The monoisotopic (exact) mass is 472 g/mol. The number of tetrazole rings is 1. The minimum absolute atomic E-state index is 0.00784. The van der Waals surface area contributed by atoms with Crippen molar-refractivity contribution in [1.29, 1.82) is 0 Å². The van der Waals surface area contributed by atoms with E-state index in [2.05, 4.69) is 71.8 Å². The predicted octanol–water partition coefficient (Wildman–Crippen LogP) is 2.13. The van der Waals surface area contributed by atoms with E-state index in [4.69, 9.17) is 5.14 Å². The third kappa shape index (κ3) is 4.44. The van der Waals surface area contributed by atoms with Gasteiger partial charge in [-0.3, -0.25) is 10.00 Å². The van der Waals surface area contributed by atoms with Crippen molar-refractivity contribution >= 4 is 10.0 Å². The molecule has 0 aliphatic heterocycles. The molecule has 0 amide bonds. The van der Waals surface area contributed by atoms with Crippen LogP contribution in [0.5, 0.6) is 0 Å². The van der Waals surface area contributed by atoms with Gasteiger partial charge in [-0.25, -0.2) is 18.2 Å². The second-order valence-corrected chi connectivity index (χ2v) is 11.0. The fourth-order valence-corrected chi connectivity index (χ4v) is 5.29. The van der Waals surface area contributed by atoms with E-state index >= 15 is 0 Å². The van der Waals surface area contributed by atoms with E-state index < -0.39 is 10.0 Å². The van der Waals surface area contributed by atoms with Gasteiger partial charge in [0.25, 0.3) is 0 Å². The minimum Gasteiger partial charge on any atom is -0.298 e. The summed E-state index contributed by atoms with van der Waals surface area (Å²) in [6, 6.07) is 6.31. The summed E-state index contributed by atoms with van der Waals surface area (Å²) >= 11 is 0. The molecular formula is C22H32N8O2S. The lowest BCUT2D eigenvalue weighted by Gasteiger charge is -2.23. The summed E-state index contributed by atoms with van der Waals surface area (Å²) < 4.78 is 27.4. The van der Waals surface area contributed by atoms with Crippen LogP contribution in [-0.2, 0) is 35.5 Å². The number of primary sulfonamides is 1. The fourth-order valence-electron chi connectivity index (χ4n) is 4.56. The van der Waals surface area contributed by atoms with Crippen LogP contribution in [0.15, 0.2) is 29.3 Å². The quantitative estimate of drug-likeness (QED) is 0.513. The predicted molar refractivity (Wildman–Crippen MR) is 124 cm³/mol. The lowest BCUT2D eigenvalue weighted by molar-refractivity contribution is 0.423. The first-order valence-electron chi connectivity index (χ1n) is 11.2. The van der Waals surface area contributed by atoms with E-state index in [0.717, 1.165) is 24.8 Å². The molecule has 11 heteroatoms. The van der Waals surface area contributed by atoms with Crippen molar-refractivity contribution < 1.29 is 8.42 Å². The van der Waals surface area contributed by atoms with Gasteiger partial charge in [0.15, 0.2) is 5.82 Å². The molecule has 3 N–H and O–H groups in total. The highest BCUT2D eigenvalue weighted by Crippen LogP contribution is 2.39. The Morgan fingerprint density at radius 1 is 1.30 bits per heavy atom. The number of fused-ring (bicyclic) bond motifs is 1. The lowest BCUT2D eigenvalue weighted by Crippen LogP contribution is -2.28. The Morgan fingerprint density at radius 2 is 2.06 bits per heavy atom. The van der Waals surface area contributed by atoms with Gasteiger partial charge < -0.3 is 0 Å². The number of sulfonamides is 1. The van der Waals surface area contributed by atoms with Crippen molar-refractivity contribution in [2.45, 2.75) is 75.9 Å². The second kappa shape index (κ2) is 8.62. The molecule has 4 rings (SSSR count). The molecule has 0 saturated carbocycles. The first-order chi connectivity index (χ1) is 15.5. The van der Waals surface area contributed by atoms with Crippen LogP contribution in [0.2, 0.25) is 0 Å². The summed E-state index contributed by atoms with van der Waals surface area (Å²) in [4.78, 5) is 0.00784. The van der Waals surface area contributed by atoms with Gasteiger partial charge in [-0.15, -0.1) is 5.10 Å². The smallest absolute Gasteiger partial charge is 0.241 e. The van der Waals surface area contributed by atoms with Gasteiger partial charge in [0, 0.05) is 13.6 Å². The van der Waals surface area contributed by atoms with Crippen molar-refractivity contribution in [1.82, 2.24) is 35.3 Å². The van der Waals surface area contributed by atoms with Gasteiger partial charge in [-0.05, 0) is 58.7 Å². The van der Waals surface area contributed by atoms with Gasteiger partial charge in [0.05, 0.1) is 24.0 Å². The standard InChI is InChI=1S/C22H32N8O2S/c1-6-14(2)30-21(26-27-28-30)20(16-7-8-17-15(11-16)9-10-22(17,3)4)24-12-18-19(33(23,31)32)13-25-29(18)5/h7-8,11,13-14,20,24H,6,9-10,12H2,1-5H3,(H2,23,31,32). The summed E-state index contributed by atoms with van der Waals surface area (Å²) in [5, 5.41) is 25.5. The average Bonchev–Trinajstić information content (AvgIpc) is 3.45. The Morgan fingerprint density at radius 3 is 2.76 bits per heavy atom. The van der Waals surface area contributed by atoms with Crippen LogP contribution in [-0.4, -0.2) is 38.4 Å². The van der Waals surface area contributed by atoms with Crippen molar-refractivity contribution in [3.63, 3.8) is 0 Å². The first-order valence-corrected chi connectivity index (χ1v) is 12.8. The number of nitrogens with two attached hydrogens (primary N) is 1. The van der Waals surface area contributed by atoms with Crippen LogP contribution < -0.4 is 10.5 Å². The zero-order chi connectivity index (χ0) is 24.0. The maximum Gasteiger partial charge on any atom is 0.241 e. The van der Waals surface area contributed by atoms with E-state index in [1.165, 1.54) is 22.0 Å². The Bertz CT molecular complexity index is 1260. The van der Waals surface area contributed by atoms with E-state index in [1.807, 2.05) is 4.68 Å². The molecule has 0 saturated heterocycles. The number of aromatic nitrogens is 6. The SMILES string of the molecule is CCC(C)n1nnnc1C(NCc1c(S(N)(=O)=O)cnn1C)c1ccc2c(c1)CCC2(C)C. The van der Waals surface area contributed by atoms with Gasteiger partial charge in [-0.1, -0.05) is 39.0 Å². The van der Waals surface area contributed by atoms with Crippen LogP contribution in [0, 0.1) is 0 Å². The van der Waals surface area contributed by atoms with Gasteiger partial charge in [0.2, 0.25) is 10.0 Å². The summed E-state index contributed by atoms with van der Waals surface area (Å²) in [5.41, 5.74) is 4.37. The molecule has 1 aromatic carbocycles. The highest BCUT2D eigenvalue weighted by Gasteiger charge is 2.31. The molecule has 10 nitrogen and oxygen atoms in total. The first kappa shape index (κ1) is 23.5. The molecule has 0 fully saturated rings. The van der Waals surface area contributed by atoms with E-state index in [1.54, 1.807) is 7.05 Å². The topological polar surface area (TPSA) is 134 Å². The zero-order valence-electron chi connectivity index (χ0n) is 19.8. The molecule has 178 valence electrons. The summed E-state index contributed by atoms with van der Waals surface area (Å²) in [6.07, 6.45) is 4.29. The van der Waals surface area contributed by atoms with Gasteiger partial charge in [0.1, 0.15) is 4.90 Å². The highest BCUT2D eigenvalue weighted by atomic mass is 32.2. The Labute approximate surface area is 194 Å². The third-order valence-electron chi connectivity index (χ3n) is 6.80. The Kier molecular flexibility index (Phi) is 6.14. The highest BCUT2D eigenvalue weighted by molar-refractivity contribution is 7.89. The van der Waals surface area contributed by atoms with Crippen molar-refractivity contribution in [3.05, 3.63) is 52.6 Å². The summed E-state index contributed by atoms with van der Waals surface area (Å²) in [5.74, 6) is 0.681. The number of aryl methyl sites for hydroxylation is 2. The van der Waals surface area contributed by atoms with Crippen molar-refractivity contribution in [2.75, 3.05) is 0 Å². The number of hydrogen-bond donors (Lipinski definition) is 2. The number of hydrogen-bond acceptors (Lipinski definition) is 7. The maximum absolute atomic E-state index is 12.0. The van der Waals surface area contributed by atoms with Crippen LogP contribution in [0.25, 0.3) is 0 Å². The molecule has 2 aromatic heterocycles. The van der Waals surface area contributed by atoms with E-state index in [0.29, 0.717) is 11.5 Å². The number of nitrogens with one attached hydrogen (secondary N) is 1. The summed E-state index contributed by atoms with van der Waals surface area (Å²) in [6.45, 7) is 8.93. The normalized spacial score (nSPS) is 17.2. The van der Waals surface area contributed by atoms with Crippen LogP contribution in [0.3, 0.4) is 0 Å². The molecule has 2 atom stereocenters. The van der Waals surface area contributed by atoms with Crippen molar-refractivity contribution in [2.24, 2.45) is 12.2 Å². The molecule has 1 aliphatic carbocycles. The van der Waals surface area contributed by atoms with E-state index in [9.17, 15) is 8.42 Å². The fraction of sp³-hybridized carbons (Fsp3) is 0.545. The minimum atomic E-state index is -3.89. The van der Waals surface area contributed by atoms with Gasteiger partial charge in [-0.2, -0.15) is 5.10 Å². The molecule has 0 spiro atoms. The lowest BCUT2D eigenvalue weighted by atomic mass is 9.86. The molecular weight excluding hydrogens is 440 g/mol. The van der Waals surface area contributed by atoms with Gasteiger partial charge >= 0.3 is 0 Å². The molecule has 1 aliphatic rings. The van der Waals surface area contributed by atoms with Crippen LogP contribution >= 0.6 is 0 Å². The number of benzene rings is 1. The molecule has 33 heavy (non-hydrogen) atoms. The Balaban J connectivity index is 1.75. The van der Waals surface area contributed by atoms with Crippen LogP contribution in [0.1, 0.15) is 80.8 Å². The largest absolute Gasteiger partial charge is 0.298 e. The molecule has 0 bridgehead atoms. The van der Waals surface area contributed by atoms with Crippen molar-refractivity contribution in [3.8, 4) is 0 Å². The molecule has 0 radical (unpaired) electrons. The molecule has 2 heterocycles. The third-order valence-corrected chi connectivity index (χ3v) is 7.75. The summed E-state index contributed by atoms with van der Waals surface area (Å²) in [7, 11) is -2.20. The van der Waals surface area contributed by atoms with E-state index in [-0.39, 0.29) is 28.9 Å². The second-order valence-electron chi connectivity index (χ2n) is 9.48. The Hall–Kier alpha value is -2.63. The maximum atomic E-state index is 12.0. The number of nitrogens with zero attached hydrogens (tertiary/aromatic N) is 6. The molecule has 3 aromatic rings. The average molecular weight is 473 g/mol.